The van der Waals surface area contributed by atoms with Gasteiger partial charge in [-0.2, -0.15) is 5.10 Å². The van der Waals surface area contributed by atoms with Crippen molar-refractivity contribution in [3.63, 3.8) is 0 Å². The number of pyridine rings is 1. The van der Waals surface area contributed by atoms with Crippen LogP contribution in [0.1, 0.15) is 19.0 Å². The van der Waals surface area contributed by atoms with Crippen LogP contribution >= 0.6 is 0 Å². The van der Waals surface area contributed by atoms with Crippen LogP contribution in [0.15, 0.2) is 90.1 Å². The van der Waals surface area contributed by atoms with Crippen LogP contribution in [0.5, 0.6) is 0 Å². The highest BCUT2D eigenvalue weighted by Crippen LogP contribution is 2.39. The number of aryl methyl sites for hydroxylation is 1. The molecule has 1 N–H and O–H groups in total. The van der Waals surface area contributed by atoms with Gasteiger partial charge in [-0.05, 0) is 60.9 Å². The Morgan fingerprint density at radius 1 is 1.07 bits per heavy atom. The van der Waals surface area contributed by atoms with Crippen LogP contribution < -0.4 is 0 Å². The fourth-order valence-corrected chi connectivity index (χ4v) is 6.80. The smallest absolute Gasteiger partial charge is 0.407 e. The first kappa shape index (κ1) is 27.8. The van der Waals surface area contributed by atoms with Gasteiger partial charge in [0, 0.05) is 60.7 Å². The lowest BCUT2D eigenvalue weighted by Gasteiger charge is -2.24. The zero-order valence-electron chi connectivity index (χ0n) is 23.0. The number of hydrogen-bond donors (Lipinski definition) is 1. The fourth-order valence-electron chi connectivity index (χ4n) is 5.29. The van der Waals surface area contributed by atoms with E-state index in [-0.39, 0.29) is 29.3 Å². The van der Waals surface area contributed by atoms with Crippen LogP contribution in [0.25, 0.3) is 39.0 Å². The molecule has 0 atom stereocenters. The van der Waals surface area contributed by atoms with Gasteiger partial charge in [-0.25, -0.2) is 22.2 Å². The summed E-state index contributed by atoms with van der Waals surface area (Å²) in [4.78, 5) is 28.2. The van der Waals surface area contributed by atoms with Gasteiger partial charge in [0.15, 0.2) is 5.65 Å². The molecule has 0 bridgehead atoms. The molecular weight excluding hydrogens is 572 g/mol. The van der Waals surface area contributed by atoms with E-state index in [0.29, 0.717) is 52.0 Å². The van der Waals surface area contributed by atoms with E-state index in [1.807, 2.05) is 13.1 Å². The average Bonchev–Trinajstić information content (AvgIpc) is 3.64. The molecule has 0 fully saturated rings. The molecule has 0 spiro atoms. The van der Waals surface area contributed by atoms with E-state index in [4.69, 9.17) is 5.10 Å². The number of nitro benzene ring substituents is 1. The Kier molecular flexibility index (Phi) is 7.02. The standard InChI is InChI=1S/C30H26N6O6S/c1-2-34-19-26(28(32-34)21-8-10-22(11-9-21)36(39)40)24-12-15-31-29-25(24)18-27(20-13-16-33(17-14-20)30(37)38)35(29)43(41,42)23-6-4-3-5-7-23/h3-13,15,18-19H,2,14,16-17H2,1H3,(H,37,38). The summed E-state index contributed by atoms with van der Waals surface area (Å²) in [5, 5.41) is 26.0. The molecule has 1 amide bonds. The number of nitrogens with zero attached hydrogens (tertiary/aromatic N) is 6. The highest BCUT2D eigenvalue weighted by Gasteiger charge is 2.29. The molecule has 1 aliphatic rings. The van der Waals surface area contributed by atoms with Crippen LogP contribution in [-0.4, -0.2) is 61.3 Å². The van der Waals surface area contributed by atoms with E-state index in [2.05, 4.69) is 4.98 Å². The molecule has 43 heavy (non-hydrogen) atoms. The second-order valence-corrected chi connectivity index (χ2v) is 11.8. The maximum Gasteiger partial charge on any atom is 0.407 e. The first-order chi connectivity index (χ1) is 20.7. The number of benzene rings is 2. The monoisotopic (exact) mass is 598 g/mol. The van der Waals surface area contributed by atoms with Gasteiger partial charge in [-0.15, -0.1) is 0 Å². The normalized spacial score (nSPS) is 13.7. The lowest BCUT2D eigenvalue weighted by Crippen LogP contribution is -2.33. The molecular formula is C30H26N6O6S. The molecule has 0 saturated carbocycles. The third-order valence-electron chi connectivity index (χ3n) is 7.48. The highest BCUT2D eigenvalue weighted by atomic mass is 32.2. The van der Waals surface area contributed by atoms with E-state index >= 15 is 0 Å². The predicted octanol–water partition coefficient (Wildman–Crippen LogP) is 5.50. The third-order valence-corrected chi connectivity index (χ3v) is 9.20. The second kappa shape index (κ2) is 10.8. The van der Waals surface area contributed by atoms with Crippen LogP contribution in [-0.2, 0) is 16.6 Å². The Bertz CT molecular complexity index is 2010. The minimum Gasteiger partial charge on any atom is -0.465 e. The van der Waals surface area contributed by atoms with E-state index in [1.54, 1.807) is 59.4 Å². The molecule has 6 rings (SSSR count). The average molecular weight is 599 g/mol. The molecule has 3 aromatic heterocycles. The zero-order valence-corrected chi connectivity index (χ0v) is 23.8. The Morgan fingerprint density at radius 2 is 1.81 bits per heavy atom. The predicted molar refractivity (Wildman–Crippen MR) is 160 cm³/mol. The number of rotatable bonds is 7. The van der Waals surface area contributed by atoms with Gasteiger partial charge in [-0.1, -0.05) is 24.3 Å². The summed E-state index contributed by atoms with van der Waals surface area (Å²) < 4.78 is 31.3. The van der Waals surface area contributed by atoms with Crippen LogP contribution in [0.2, 0.25) is 0 Å². The molecule has 0 saturated heterocycles. The molecule has 0 radical (unpaired) electrons. The Hall–Kier alpha value is -5.30. The number of nitro groups is 1. The Morgan fingerprint density at radius 3 is 2.44 bits per heavy atom. The van der Waals surface area contributed by atoms with E-state index in [1.165, 1.54) is 33.1 Å². The van der Waals surface area contributed by atoms with Gasteiger partial charge in [0.25, 0.3) is 15.7 Å². The SMILES string of the molecule is CCn1cc(-c2ccnc3c2cc(C2=CCN(C(=O)O)CC2)n3S(=O)(=O)c2ccccc2)c(-c2ccc([N+](=O)[O-])cc2)n1. The third kappa shape index (κ3) is 4.93. The number of fused-ring (bicyclic) bond motifs is 1. The van der Waals surface area contributed by atoms with Gasteiger partial charge < -0.3 is 10.0 Å². The van der Waals surface area contributed by atoms with Gasteiger partial charge >= 0.3 is 6.09 Å². The quantitative estimate of drug-likeness (QED) is 0.190. The number of carboxylic acid groups (broad SMARTS) is 1. The van der Waals surface area contributed by atoms with Crippen molar-refractivity contribution in [2.24, 2.45) is 0 Å². The lowest BCUT2D eigenvalue weighted by atomic mass is 9.99. The van der Waals surface area contributed by atoms with Crippen molar-refractivity contribution < 1.29 is 23.2 Å². The van der Waals surface area contributed by atoms with Gasteiger partial charge in [0.05, 0.1) is 15.5 Å². The van der Waals surface area contributed by atoms with Crippen molar-refractivity contribution >= 4 is 38.4 Å². The number of non-ortho nitro benzene ring substituents is 1. The molecule has 218 valence electrons. The summed E-state index contributed by atoms with van der Waals surface area (Å²) in [6.07, 6.45) is 4.43. The van der Waals surface area contributed by atoms with Crippen molar-refractivity contribution in [2.45, 2.75) is 24.8 Å². The van der Waals surface area contributed by atoms with Crippen LogP contribution in [0.3, 0.4) is 0 Å². The van der Waals surface area contributed by atoms with Crippen molar-refractivity contribution in [1.82, 2.24) is 23.6 Å². The maximum absolute atomic E-state index is 14.1. The maximum atomic E-state index is 14.1. The summed E-state index contributed by atoms with van der Waals surface area (Å²) in [5.41, 5.74) is 3.92. The number of aromatic nitrogens is 4. The van der Waals surface area contributed by atoms with Crippen molar-refractivity contribution in [1.29, 1.82) is 0 Å². The largest absolute Gasteiger partial charge is 0.465 e. The first-order valence-electron chi connectivity index (χ1n) is 13.5. The summed E-state index contributed by atoms with van der Waals surface area (Å²) in [6, 6.07) is 17.8. The van der Waals surface area contributed by atoms with E-state index in [0.717, 1.165) is 0 Å². The molecule has 5 aromatic rings. The van der Waals surface area contributed by atoms with Gasteiger partial charge in [0.2, 0.25) is 0 Å². The summed E-state index contributed by atoms with van der Waals surface area (Å²) >= 11 is 0. The zero-order chi connectivity index (χ0) is 30.3. The highest BCUT2D eigenvalue weighted by molar-refractivity contribution is 7.90. The molecule has 4 heterocycles. The Labute approximate surface area is 246 Å². The van der Waals surface area contributed by atoms with Crippen LogP contribution in [0.4, 0.5) is 10.5 Å². The summed E-state index contributed by atoms with van der Waals surface area (Å²) in [5.74, 6) is 0. The van der Waals surface area contributed by atoms with Crippen LogP contribution in [0, 0.1) is 10.1 Å². The molecule has 1 aliphatic heterocycles. The second-order valence-electron chi connectivity index (χ2n) is 9.97. The molecule has 12 nitrogen and oxygen atoms in total. The van der Waals surface area contributed by atoms with Gasteiger partial charge in [-0.3, -0.25) is 14.8 Å². The topological polar surface area (TPSA) is 153 Å². The number of hydrogen-bond acceptors (Lipinski definition) is 7. The summed E-state index contributed by atoms with van der Waals surface area (Å²) in [6.45, 7) is 2.86. The molecule has 0 aliphatic carbocycles. The minimum absolute atomic E-state index is 0.0402. The van der Waals surface area contributed by atoms with Crippen molar-refractivity contribution in [3.05, 3.63) is 101 Å². The van der Waals surface area contributed by atoms with E-state index in [9.17, 15) is 28.4 Å². The summed E-state index contributed by atoms with van der Waals surface area (Å²) in [7, 11) is -4.11. The molecule has 2 aromatic carbocycles. The van der Waals surface area contributed by atoms with Gasteiger partial charge in [0.1, 0.15) is 5.69 Å². The van der Waals surface area contributed by atoms with E-state index < -0.39 is 21.0 Å². The molecule has 0 unspecified atom stereocenters. The first-order valence-corrected chi connectivity index (χ1v) is 14.9. The minimum atomic E-state index is -4.11. The van der Waals surface area contributed by atoms with Crippen molar-refractivity contribution in [3.8, 4) is 22.4 Å². The number of amides is 1. The Balaban J connectivity index is 1.59. The number of carbonyl (C=O) groups is 1. The van der Waals surface area contributed by atoms with Crippen molar-refractivity contribution in [2.75, 3.05) is 13.1 Å². The molecule has 13 heteroatoms. The fraction of sp³-hybridized carbons (Fsp3) is 0.167. The lowest BCUT2D eigenvalue weighted by molar-refractivity contribution is -0.384.